The minimum absolute atomic E-state index is 0.323. The van der Waals surface area contributed by atoms with Crippen LogP contribution in [-0.4, -0.2) is 30.4 Å². The lowest BCUT2D eigenvalue weighted by molar-refractivity contribution is 0.212. The van der Waals surface area contributed by atoms with Gasteiger partial charge in [-0.2, -0.15) is 0 Å². The van der Waals surface area contributed by atoms with Crippen molar-refractivity contribution < 1.29 is 9.59 Å². The first-order valence-corrected chi connectivity index (χ1v) is 6.98. The zero-order valence-electron chi connectivity index (χ0n) is 12.2. The molecule has 0 aliphatic carbocycles. The van der Waals surface area contributed by atoms with Crippen LogP contribution in [0.25, 0.3) is 0 Å². The van der Waals surface area contributed by atoms with Crippen molar-refractivity contribution in [3.63, 3.8) is 0 Å². The number of amides is 3. The molecule has 0 bridgehead atoms. The van der Waals surface area contributed by atoms with Crippen LogP contribution in [0.3, 0.4) is 0 Å². The van der Waals surface area contributed by atoms with Crippen LogP contribution in [0, 0.1) is 11.8 Å². The topological polar surface area (TPSA) is 49.4 Å². The maximum absolute atomic E-state index is 11.7. The summed E-state index contributed by atoms with van der Waals surface area (Å²) in [5.41, 5.74) is 0. The van der Waals surface area contributed by atoms with Crippen LogP contribution >= 0.6 is 0 Å². The Bertz CT molecular complexity index is 244. The molecular formula is C14H27N2O2. The van der Waals surface area contributed by atoms with Crippen molar-refractivity contribution >= 4 is 12.4 Å². The molecule has 4 nitrogen and oxygen atoms in total. The highest BCUT2D eigenvalue weighted by Crippen LogP contribution is 2.07. The number of urea groups is 1. The van der Waals surface area contributed by atoms with E-state index in [-0.39, 0.29) is 6.03 Å². The lowest BCUT2D eigenvalue weighted by Crippen LogP contribution is -2.41. The van der Waals surface area contributed by atoms with E-state index in [0.29, 0.717) is 24.9 Å². The number of hydrogen-bond acceptors (Lipinski definition) is 2. The molecule has 0 aromatic carbocycles. The molecule has 1 N–H and O–H groups in total. The molecule has 4 heteroatoms. The van der Waals surface area contributed by atoms with Crippen molar-refractivity contribution in [2.45, 2.75) is 53.4 Å². The van der Waals surface area contributed by atoms with Crippen LogP contribution in [0.2, 0.25) is 0 Å². The summed E-state index contributed by atoms with van der Waals surface area (Å²) in [6.45, 7) is 9.49. The first kappa shape index (κ1) is 16.9. The van der Waals surface area contributed by atoms with Crippen molar-refractivity contribution in [3.05, 3.63) is 0 Å². The Hall–Kier alpha value is -1.06. The van der Waals surface area contributed by atoms with Gasteiger partial charge in [0.05, 0.1) is 0 Å². The van der Waals surface area contributed by atoms with Gasteiger partial charge in [-0.25, -0.2) is 4.79 Å². The third-order valence-corrected chi connectivity index (χ3v) is 3.24. The maximum atomic E-state index is 11.7. The van der Waals surface area contributed by atoms with Gasteiger partial charge < -0.3 is 5.32 Å². The number of rotatable bonds is 9. The monoisotopic (exact) mass is 255 g/mol. The second-order valence-corrected chi connectivity index (χ2v) is 5.13. The van der Waals surface area contributed by atoms with E-state index in [9.17, 15) is 9.59 Å². The van der Waals surface area contributed by atoms with E-state index in [2.05, 4.69) is 26.1 Å². The fourth-order valence-corrected chi connectivity index (χ4v) is 1.78. The van der Waals surface area contributed by atoms with Gasteiger partial charge in [0, 0.05) is 13.1 Å². The molecule has 105 valence electrons. The zero-order chi connectivity index (χ0) is 14.0. The molecule has 0 spiro atoms. The number of carbonyl (C=O) groups excluding carboxylic acids is 2. The van der Waals surface area contributed by atoms with Gasteiger partial charge in [0.2, 0.25) is 0 Å². The average molecular weight is 255 g/mol. The first-order chi connectivity index (χ1) is 8.54. The highest BCUT2D eigenvalue weighted by Gasteiger charge is 2.16. The second-order valence-electron chi connectivity index (χ2n) is 5.13. The Morgan fingerprint density at radius 3 is 2.39 bits per heavy atom. The smallest absolute Gasteiger partial charge is 0.324 e. The summed E-state index contributed by atoms with van der Waals surface area (Å²) in [6.07, 6.45) is 5.83. The minimum atomic E-state index is -0.323. The van der Waals surface area contributed by atoms with E-state index in [4.69, 9.17) is 0 Å². The molecule has 0 aromatic rings. The number of imide groups is 1. The van der Waals surface area contributed by atoms with Crippen molar-refractivity contribution in [1.82, 2.24) is 10.2 Å². The Labute approximate surface area is 111 Å². The Morgan fingerprint density at radius 1 is 1.22 bits per heavy atom. The van der Waals surface area contributed by atoms with Gasteiger partial charge >= 0.3 is 12.4 Å². The summed E-state index contributed by atoms with van der Waals surface area (Å²) in [6, 6.07) is -0.323. The summed E-state index contributed by atoms with van der Waals surface area (Å²) >= 11 is 0. The molecule has 18 heavy (non-hydrogen) atoms. The van der Waals surface area contributed by atoms with E-state index in [1.807, 2.05) is 6.92 Å². The molecular weight excluding hydrogens is 228 g/mol. The fourth-order valence-electron chi connectivity index (χ4n) is 1.78. The molecule has 3 amide bonds. The quantitative estimate of drug-likeness (QED) is 0.644. The Balaban J connectivity index is 3.99. The minimum Gasteiger partial charge on any atom is -0.338 e. The van der Waals surface area contributed by atoms with Gasteiger partial charge in [-0.15, -0.1) is 0 Å². The van der Waals surface area contributed by atoms with Crippen LogP contribution in [0.15, 0.2) is 0 Å². The molecule has 0 aliphatic heterocycles. The summed E-state index contributed by atoms with van der Waals surface area (Å²) in [7, 11) is 0. The predicted molar refractivity (Wildman–Crippen MR) is 73.9 cm³/mol. The van der Waals surface area contributed by atoms with Crippen molar-refractivity contribution in [2.75, 3.05) is 13.1 Å². The van der Waals surface area contributed by atoms with Crippen molar-refractivity contribution in [1.29, 1.82) is 0 Å². The highest BCUT2D eigenvalue weighted by molar-refractivity contribution is 5.84. The number of nitrogens with zero attached hydrogens (tertiary/aromatic N) is 1. The van der Waals surface area contributed by atoms with Crippen LogP contribution in [0.4, 0.5) is 4.79 Å². The van der Waals surface area contributed by atoms with Gasteiger partial charge in [0.25, 0.3) is 0 Å². The number of hydrogen-bond donors (Lipinski definition) is 1. The molecule has 0 saturated carbocycles. The molecule has 0 aliphatic rings. The number of nitrogens with one attached hydrogen (secondary N) is 1. The Morgan fingerprint density at radius 2 is 1.89 bits per heavy atom. The van der Waals surface area contributed by atoms with Crippen LogP contribution in [-0.2, 0) is 4.79 Å². The van der Waals surface area contributed by atoms with Crippen molar-refractivity contribution in [2.24, 2.45) is 11.8 Å². The number of carbonyl (C=O) groups is 1. The Kier molecular flexibility index (Phi) is 9.33. The molecule has 0 heterocycles. The van der Waals surface area contributed by atoms with Gasteiger partial charge in [0.15, 0.2) is 0 Å². The maximum Gasteiger partial charge on any atom is 0.324 e. The van der Waals surface area contributed by atoms with Crippen LogP contribution in [0.1, 0.15) is 53.4 Å². The van der Waals surface area contributed by atoms with Crippen LogP contribution < -0.4 is 5.32 Å². The SMILES string of the molecule is CCCC(C)CN([C]=O)C(=O)NCCC(C)CC. The first-order valence-electron chi connectivity index (χ1n) is 6.98. The van der Waals surface area contributed by atoms with E-state index in [1.54, 1.807) is 6.41 Å². The van der Waals surface area contributed by atoms with E-state index in [0.717, 1.165) is 30.6 Å². The third kappa shape index (κ3) is 7.30. The van der Waals surface area contributed by atoms with E-state index in [1.165, 1.54) is 0 Å². The van der Waals surface area contributed by atoms with Gasteiger partial charge in [-0.1, -0.05) is 40.5 Å². The second kappa shape index (κ2) is 9.92. The van der Waals surface area contributed by atoms with Gasteiger partial charge in [0.1, 0.15) is 0 Å². The lowest BCUT2D eigenvalue weighted by atomic mass is 10.1. The van der Waals surface area contributed by atoms with Gasteiger partial charge in [-0.3, -0.25) is 9.69 Å². The fraction of sp³-hybridized carbons (Fsp3) is 0.857. The molecule has 0 saturated heterocycles. The van der Waals surface area contributed by atoms with Crippen molar-refractivity contribution in [3.8, 4) is 0 Å². The summed E-state index contributed by atoms with van der Waals surface area (Å²) in [5, 5.41) is 2.77. The standard InChI is InChI=1S/C14H27N2O2/c1-5-7-13(4)10-16(11-17)14(18)15-9-8-12(3)6-2/h12-13H,5-10H2,1-4H3,(H,15,18). The largest absolute Gasteiger partial charge is 0.338 e. The van der Waals surface area contributed by atoms with Gasteiger partial charge in [-0.05, 0) is 24.7 Å². The highest BCUT2D eigenvalue weighted by atomic mass is 16.2. The van der Waals surface area contributed by atoms with E-state index >= 15 is 0 Å². The molecule has 1 radical (unpaired) electrons. The van der Waals surface area contributed by atoms with E-state index < -0.39 is 0 Å². The molecule has 0 aromatic heterocycles. The average Bonchev–Trinajstić information content (AvgIpc) is 2.35. The summed E-state index contributed by atoms with van der Waals surface area (Å²) < 4.78 is 0. The lowest BCUT2D eigenvalue weighted by Gasteiger charge is -2.19. The zero-order valence-corrected chi connectivity index (χ0v) is 12.2. The summed E-state index contributed by atoms with van der Waals surface area (Å²) in [5.74, 6) is 0.926. The third-order valence-electron chi connectivity index (χ3n) is 3.24. The molecule has 0 rings (SSSR count). The van der Waals surface area contributed by atoms with Crippen LogP contribution in [0.5, 0.6) is 0 Å². The summed E-state index contributed by atoms with van der Waals surface area (Å²) in [4.78, 5) is 23.6. The molecule has 2 unspecified atom stereocenters. The normalized spacial score (nSPS) is 13.8. The molecule has 2 atom stereocenters. The predicted octanol–water partition coefficient (Wildman–Crippen LogP) is 2.94. The molecule has 0 fully saturated rings.